The first-order chi connectivity index (χ1) is 9.93. The lowest BCUT2D eigenvalue weighted by atomic mass is 9.86. The van der Waals surface area contributed by atoms with Crippen molar-refractivity contribution in [1.82, 2.24) is 9.97 Å². The number of rotatable bonds is 4. The van der Waals surface area contributed by atoms with Crippen molar-refractivity contribution < 1.29 is 0 Å². The molecular weight excluding hydrogens is 260 g/mol. The Morgan fingerprint density at radius 2 is 1.95 bits per heavy atom. The van der Waals surface area contributed by atoms with E-state index < -0.39 is 0 Å². The van der Waals surface area contributed by atoms with E-state index in [4.69, 9.17) is 4.98 Å². The van der Waals surface area contributed by atoms with Crippen molar-refractivity contribution in [2.45, 2.75) is 65.3 Å². The van der Waals surface area contributed by atoms with Crippen molar-refractivity contribution in [3.05, 3.63) is 11.4 Å². The maximum absolute atomic E-state index is 4.86. The Hall–Kier alpha value is -1.32. The molecule has 0 aromatic carbocycles. The van der Waals surface area contributed by atoms with Crippen LogP contribution in [0.4, 0.5) is 11.6 Å². The predicted molar refractivity (Wildman–Crippen MR) is 90.2 cm³/mol. The van der Waals surface area contributed by atoms with Gasteiger partial charge in [0.05, 0.1) is 0 Å². The zero-order valence-electron chi connectivity index (χ0n) is 14.4. The van der Waals surface area contributed by atoms with E-state index in [1.165, 1.54) is 25.7 Å². The zero-order chi connectivity index (χ0) is 15.6. The molecule has 2 unspecified atom stereocenters. The molecule has 2 rings (SSSR count). The van der Waals surface area contributed by atoms with Crippen molar-refractivity contribution in [3.8, 4) is 0 Å². The van der Waals surface area contributed by atoms with E-state index in [0.29, 0.717) is 12.0 Å². The molecule has 1 aromatic rings. The topological polar surface area (TPSA) is 41.1 Å². The molecule has 2 atom stereocenters. The van der Waals surface area contributed by atoms with Crippen LogP contribution in [0.2, 0.25) is 0 Å². The lowest BCUT2D eigenvalue weighted by molar-refractivity contribution is 0.335. The van der Waals surface area contributed by atoms with Crippen LogP contribution in [0.5, 0.6) is 0 Å². The molecule has 0 amide bonds. The Labute approximate surface area is 129 Å². The van der Waals surface area contributed by atoms with Crippen molar-refractivity contribution in [1.29, 1.82) is 0 Å². The molecule has 0 spiro atoms. The zero-order valence-corrected chi connectivity index (χ0v) is 14.4. The van der Waals surface area contributed by atoms with E-state index in [0.717, 1.165) is 28.9 Å². The second kappa shape index (κ2) is 6.63. The molecule has 118 valence electrons. The molecule has 21 heavy (non-hydrogen) atoms. The van der Waals surface area contributed by atoms with Crippen molar-refractivity contribution in [2.75, 3.05) is 24.3 Å². The summed E-state index contributed by atoms with van der Waals surface area (Å²) in [5.74, 6) is 4.14. The number of aromatic nitrogens is 2. The summed E-state index contributed by atoms with van der Waals surface area (Å²) < 4.78 is 0. The largest absolute Gasteiger partial charge is 0.373 e. The molecule has 1 heterocycles. The Bertz CT molecular complexity index is 484. The summed E-state index contributed by atoms with van der Waals surface area (Å²) in [4.78, 5) is 11.9. The van der Waals surface area contributed by atoms with Crippen LogP contribution in [0, 0.1) is 12.8 Å². The monoisotopic (exact) mass is 290 g/mol. The van der Waals surface area contributed by atoms with E-state index in [-0.39, 0.29) is 0 Å². The molecule has 4 heteroatoms. The highest BCUT2D eigenvalue weighted by atomic mass is 15.2. The van der Waals surface area contributed by atoms with Gasteiger partial charge in [0.25, 0.3) is 0 Å². The van der Waals surface area contributed by atoms with Gasteiger partial charge in [-0.15, -0.1) is 0 Å². The molecule has 0 radical (unpaired) electrons. The summed E-state index contributed by atoms with van der Waals surface area (Å²) >= 11 is 0. The molecule has 1 N–H and O–H groups in total. The first-order valence-corrected chi connectivity index (χ1v) is 8.23. The lowest BCUT2D eigenvalue weighted by Gasteiger charge is -2.36. The van der Waals surface area contributed by atoms with Gasteiger partial charge in [0, 0.05) is 31.6 Å². The van der Waals surface area contributed by atoms with Gasteiger partial charge >= 0.3 is 0 Å². The highest BCUT2D eigenvalue weighted by Gasteiger charge is 2.25. The molecule has 0 saturated heterocycles. The van der Waals surface area contributed by atoms with Crippen molar-refractivity contribution in [2.24, 2.45) is 5.92 Å². The molecule has 1 aliphatic rings. The molecule has 0 bridgehead atoms. The van der Waals surface area contributed by atoms with Crippen molar-refractivity contribution in [3.63, 3.8) is 0 Å². The fraction of sp³-hybridized carbons (Fsp3) is 0.765. The Morgan fingerprint density at radius 1 is 1.24 bits per heavy atom. The van der Waals surface area contributed by atoms with Gasteiger partial charge in [-0.3, -0.25) is 0 Å². The van der Waals surface area contributed by atoms with Gasteiger partial charge in [0.1, 0.15) is 17.5 Å². The first kappa shape index (κ1) is 16.1. The molecular formula is C17H30N4. The van der Waals surface area contributed by atoms with Crippen molar-refractivity contribution >= 4 is 11.6 Å². The van der Waals surface area contributed by atoms with E-state index in [1.807, 2.05) is 7.05 Å². The first-order valence-electron chi connectivity index (χ1n) is 8.23. The summed E-state index contributed by atoms with van der Waals surface area (Å²) in [5, 5.41) is 3.22. The second-order valence-corrected chi connectivity index (χ2v) is 6.82. The van der Waals surface area contributed by atoms with Gasteiger partial charge in [-0.2, -0.15) is 0 Å². The normalized spacial score (nSPS) is 22.4. The summed E-state index contributed by atoms with van der Waals surface area (Å²) in [6.07, 6.45) is 5.24. The van der Waals surface area contributed by atoms with Gasteiger partial charge in [0.15, 0.2) is 0 Å². The van der Waals surface area contributed by atoms with E-state index in [9.17, 15) is 0 Å². The summed E-state index contributed by atoms with van der Waals surface area (Å²) in [5.41, 5.74) is 1.16. The maximum atomic E-state index is 4.86. The number of hydrogen-bond donors (Lipinski definition) is 1. The average molecular weight is 290 g/mol. The van der Waals surface area contributed by atoms with Crippen LogP contribution in [0.3, 0.4) is 0 Å². The number of nitrogens with one attached hydrogen (secondary N) is 1. The van der Waals surface area contributed by atoms with E-state index in [1.54, 1.807) is 0 Å². The van der Waals surface area contributed by atoms with Gasteiger partial charge in [-0.05, 0) is 25.7 Å². The summed E-state index contributed by atoms with van der Waals surface area (Å²) in [7, 11) is 4.13. The molecule has 4 nitrogen and oxygen atoms in total. The summed E-state index contributed by atoms with van der Waals surface area (Å²) in [6.45, 7) is 8.78. The smallest absolute Gasteiger partial charge is 0.137 e. The molecule has 0 aliphatic heterocycles. The molecule has 1 aromatic heterocycles. The molecule has 1 fully saturated rings. The van der Waals surface area contributed by atoms with Gasteiger partial charge in [0.2, 0.25) is 0 Å². The average Bonchev–Trinajstić information content (AvgIpc) is 2.46. The Morgan fingerprint density at radius 3 is 2.52 bits per heavy atom. The minimum absolute atomic E-state index is 0.343. The van der Waals surface area contributed by atoms with E-state index >= 15 is 0 Å². The van der Waals surface area contributed by atoms with E-state index in [2.05, 4.69) is 49.9 Å². The Balaban J connectivity index is 2.34. The van der Waals surface area contributed by atoms with Crippen LogP contribution in [0.1, 0.15) is 63.8 Å². The Kier molecular flexibility index (Phi) is 5.07. The fourth-order valence-electron chi connectivity index (χ4n) is 3.29. The van der Waals surface area contributed by atoms with Gasteiger partial charge < -0.3 is 10.2 Å². The molecule has 1 saturated carbocycles. The molecule has 1 aliphatic carbocycles. The fourth-order valence-corrected chi connectivity index (χ4v) is 3.29. The number of nitrogens with zero attached hydrogens (tertiary/aromatic N) is 3. The lowest BCUT2D eigenvalue weighted by Crippen LogP contribution is -2.37. The standard InChI is InChI=1S/C17H30N4/c1-11(2)15-19-16(18-5)13(4)17(20-15)21(6)14-9-7-8-12(3)10-14/h11-12,14H,7-10H2,1-6H3,(H,18,19,20). The third-order valence-electron chi connectivity index (χ3n) is 4.68. The third kappa shape index (κ3) is 3.47. The highest BCUT2D eigenvalue weighted by Crippen LogP contribution is 2.32. The maximum Gasteiger partial charge on any atom is 0.137 e. The highest BCUT2D eigenvalue weighted by molar-refractivity contribution is 5.58. The minimum Gasteiger partial charge on any atom is -0.373 e. The van der Waals surface area contributed by atoms with Crippen LogP contribution >= 0.6 is 0 Å². The van der Waals surface area contributed by atoms with Crippen LogP contribution in [-0.2, 0) is 0 Å². The van der Waals surface area contributed by atoms with Crippen LogP contribution in [-0.4, -0.2) is 30.1 Å². The van der Waals surface area contributed by atoms with Crippen LogP contribution in [0.15, 0.2) is 0 Å². The van der Waals surface area contributed by atoms with Crippen LogP contribution < -0.4 is 10.2 Å². The number of hydrogen-bond acceptors (Lipinski definition) is 4. The van der Waals surface area contributed by atoms with Gasteiger partial charge in [-0.25, -0.2) is 9.97 Å². The quantitative estimate of drug-likeness (QED) is 0.911. The van der Waals surface area contributed by atoms with Gasteiger partial charge in [-0.1, -0.05) is 33.6 Å². The third-order valence-corrected chi connectivity index (χ3v) is 4.68. The van der Waals surface area contributed by atoms with Crippen LogP contribution in [0.25, 0.3) is 0 Å². The minimum atomic E-state index is 0.343. The summed E-state index contributed by atoms with van der Waals surface area (Å²) in [6, 6.07) is 0.604. The second-order valence-electron chi connectivity index (χ2n) is 6.82. The predicted octanol–water partition coefficient (Wildman–Crippen LogP) is 3.97. The number of anilines is 2. The SMILES string of the molecule is CNc1nc(C(C)C)nc(N(C)C2CCCC(C)C2)c1C.